The Hall–Kier alpha value is -1.92. The average molecular weight is 346 g/mol. The number of hydrogen-bond acceptors (Lipinski definition) is 4. The fraction of sp³-hybridized carbons (Fsp3) is 0.579. The summed E-state index contributed by atoms with van der Waals surface area (Å²) in [5, 5.41) is 5.64. The number of likely N-dealkylation sites (tertiary alicyclic amines) is 1. The number of amides is 2. The van der Waals surface area contributed by atoms with Crippen LogP contribution in [-0.4, -0.2) is 48.4 Å². The normalized spacial score (nSPS) is 19.4. The molecule has 0 saturated carbocycles. The van der Waals surface area contributed by atoms with Gasteiger partial charge in [0, 0.05) is 19.1 Å². The lowest BCUT2D eigenvalue weighted by atomic mass is 10.0. The van der Waals surface area contributed by atoms with Crippen molar-refractivity contribution in [1.82, 2.24) is 15.5 Å². The van der Waals surface area contributed by atoms with Crippen molar-refractivity contribution in [2.75, 3.05) is 19.6 Å². The molecule has 1 aliphatic heterocycles. The minimum Gasteiger partial charge on any atom is -0.351 e. The first-order chi connectivity index (χ1) is 12.0. The molecule has 138 valence electrons. The third-order valence-corrected chi connectivity index (χ3v) is 4.56. The maximum Gasteiger partial charge on any atom is 0.239 e. The quantitative estimate of drug-likeness (QED) is 0.684. The zero-order chi connectivity index (χ0) is 18.2. The number of carbonyl (C=O) groups excluding carboxylic acids is 2. The van der Waals surface area contributed by atoms with Crippen molar-refractivity contribution in [2.24, 2.45) is 11.7 Å². The van der Waals surface area contributed by atoms with Gasteiger partial charge in [0.05, 0.1) is 12.6 Å². The Morgan fingerprint density at radius 3 is 2.68 bits per heavy atom. The molecule has 6 heteroatoms. The van der Waals surface area contributed by atoms with Gasteiger partial charge >= 0.3 is 0 Å². The fourth-order valence-corrected chi connectivity index (χ4v) is 3.03. The van der Waals surface area contributed by atoms with Crippen molar-refractivity contribution in [2.45, 2.75) is 45.3 Å². The lowest BCUT2D eigenvalue weighted by Gasteiger charge is -2.33. The van der Waals surface area contributed by atoms with Crippen molar-refractivity contribution in [3.05, 3.63) is 35.9 Å². The number of nitrogens with zero attached hydrogens (tertiary/aromatic N) is 1. The Bertz CT molecular complexity index is 562. The number of nitrogens with two attached hydrogens (primary N) is 1. The van der Waals surface area contributed by atoms with E-state index < -0.39 is 6.04 Å². The van der Waals surface area contributed by atoms with Crippen LogP contribution in [0.1, 0.15) is 32.3 Å². The van der Waals surface area contributed by atoms with Crippen LogP contribution in [0.5, 0.6) is 0 Å². The van der Waals surface area contributed by atoms with E-state index in [2.05, 4.69) is 27.7 Å². The molecule has 1 unspecified atom stereocenters. The summed E-state index contributed by atoms with van der Waals surface area (Å²) < 4.78 is 0. The van der Waals surface area contributed by atoms with Crippen LogP contribution in [0.15, 0.2) is 30.3 Å². The molecule has 25 heavy (non-hydrogen) atoms. The smallest absolute Gasteiger partial charge is 0.239 e. The van der Waals surface area contributed by atoms with Crippen molar-refractivity contribution in [1.29, 1.82) is 0 Å². The fourth-order valence-electron chi connectivity index (χ4n) is 3.03. The summed E-state index contributed by atoms with van der Waals surface area (Å²) >= 11 is 0. The number of carbonyl (C=O) groups is 2. The predicted octanol–water partition coefficient (Wildman–Crippen LogP) is 0.867. The van der Waals surface area contributed by atoms with Gasteiger partial charge in [0.1, 0.15) is 0 Å². The average Bonchev–Trinajstić information content (AvgIpc) is 2.60. The van der Waals surface area contributed by atoms with Crippen LogP contribution in [-0.2, 0) is 16.1 Å². The molecule has 0 aromatic heterocycles. The van der Waals surface area contributed by atoms with E-state index in [0.717, 1.165) is 32.5 Å². The zero-order valence-corrected chi connectivity index (χ0v) is 15.2. The number of benzene rings is 1. The minimum absolute atomic E-state index is 0.0194. The zero-order valence-electron chi connectivity index (χ0n) is 15.2. The van der Waals surface area contributed by atoms with Gasteiger partial charge in [-0.3, -0.25) is 14.5 Å². The topological polar surface area (TPSA) is 87.5 Å². The van der Waals surface area contributed by atoms with Crippen molar-refractivity contribution in [3.63, 3.8) is 0 Å². The monoisotopic (exact) mass is 346 g/mol. The molecule has 1 aliphatic rings. The van der Waals surface area contributed by atoms with Gasteiger partial charge in [-0.05, 0) is 30.9 Å². The van der Waals surface area contributed by atoms with Gasteiger partial charge < -0.3 is 16.4 Å². The maximum absolute atomic E-state index is 12.1. The van der Waals surface area contributed by atoms with Crippen LogP contribution in [0.25, 0.3) is 0 Å². The standard InChI is InChI=1S/C19H30N4O2/c1-14(2)18(20)19(25)21-11-17(24)22-16-9-6-10-23(13-16)12-15-7-4-3-5-8-15/h3-5,7-8,14,16,18H,6,9-13,20H2,1-2H3,(H,21,25)(H,22,24)/t16?,18-/m0/s1. The summed E-state index contributed by atoms with van der Waals surface area (Å²) in [7, 11) is 0. The van der Waals surface area contributed by atoms with E-state index in [1.165, 1.54) is 5.56 Å². The Morgan fingerprint density at radius 2 is 2.00 bits per heavy atom. The van der Waals surface area contributed by atoms with E-state index in [4.69, 9.17) is 5.73 Å². The number of piperidine rings is 1. The Labute approximate surface area is 150 Å². The highest BCUT2D eigenvalue weighted by molar-refractivity contribution is 5.87. The van der Waals surface area contributed by atoms with Crippen LogP contribution in [0.3, 0.4) is 0 Å². The first-order valence-corrected chi connectivity index (χ1v) is 9.04. The first-order valence-electron chi connectivity index (χ1n) is 9.04. The molecule has 1 saturated heterocycles. The highest BCUT2D eigenvalue weighted by Gasteiger charge is 2.22. The second-order valence-corrected chi connectivity index (χ2v) is 7.11. The van der Waals surface area contributed by atoms with E-state index >= 15 is 0 Å². The van der Waals surface area contributed by atoms with Crippen molar-refractivity contribution < 1.29 is 9.59 Å². The predicted molar refractivity (Wildman–Crippen MR) is 98.7 cm³/mol. The minimum atomic E-state index is -0.580. The highest BCUT2D eigenvalue weighted by Crippen LogP contribution is 2.13. The summed E-state index contributed by atoms with van der Waals surface area (Å²) in [5.41, 5.74) is 7.05. The molecule has 2 atom stereocenters. The number of hydrogen-bond donors (Lipinski definition) is 3. The van der Waals surface area contributed by atoms with E-state index in [0.29, 0.717) is 0 Å². The summed E-state index contributed by atoms with van der Waals surface area (Å²) in [6.45, 7) is 6.52. The van der Waals surface area contributed by atoms with E-state index in [-0.39, 0.29) is 30.3 Å². The lowest BCUT2D eigenvalue weighted by molar-refractivity contribution is -0.127. The molecule has 0 radical (unpaired) electrons. The van der Waals surface area contributed by atoms with Gasteiger partial charge in [-0.2, -0.15) is 0 Å². The Morgan fingerprint density at radius 1 is 1.28 bits per heavy atom. The highest BCUT2D eigenvalue weighted by atomic mass is 16.2. The summed E-state index contributed by atoms with van der Waals surface area (Å²) in [6.07, 6.45) is 2.03. The van der Waals surface area contributed by atoms with Crippen LogP contribution < -0.4 is 16.4 Å². The first kappa shape index (κ1) is 19.4. The summed E-state index contributed by atoms with van der Waals surface area (Å²) in [5.74, 6) is -0.386. The second-order valence-electron chi connectivity index (χ2n) is 7.11. The van der Waals surface area contributed by atoms with Crippen LogP contribution in [0.2, 0.25) is 0 Å². The largest absolute Gasteiger partial charge is 0.351 e. The second kappa shape index (κ2) is 9.53. The Kier molecular flexibility index (Phi) is 7.40. The molecule has 0 spiro atoms. The van der Waals surface area contributed by atoms with Gasteiger partial charge in [-0.15, -0.1) is 0 Å². The SMILES string of the molecule is CC(C)[C@H](N)C(=O)NCC(=O)NC1CCCN(Cc2ccccc2)C1. The summed E-state index contributed by atoms with van der Waals surface area (Å²) in [4.78, 5) is 26.3. The van der Waals surface area contributed by atoms with Gasteiger partial charge in [-0.1, -0.05) is 44.2 Å². The third kappa shape index (κ3) is 6.48. The van der Waals surface area contributed by atoms with E-state index in [1.54, 1.807) is 0 Å². The molecular weight excluding hydrogens is 316 g/mol. The van der Waals surface area contributed by atoms with Crippen LogP contribution in [0.4, 0.5) is 0 Å². The van der Waals surface area contributed by atoms with Gasteiger partial charge in [0.15, 0.2) is 0 Å². The Balaban J connectivity index is 1.74. The molecule has 6 nitrogen and oxygen atoms in total. The van der Waals surface area contributed by atoms with Crippen LogP contribution >= 0.6 is 0 Å². The van der Waals surface area contributed by atoms with E-state index in [1.807, 2.05) is 32.0 Å². The van der Waals surface area contributed by atoms with Gasteiger partial charge in [0.2, 0.25) is 11.8 Å². The van der Waals surface area contributed by atoms with Crippen LogP contribution in [0, 0.1) is 5.92 Å². The molecule has 1 fully saturated rings. The summed E-state index contributed by atoms with van der Waals surface area (Å²) in [6, 6.07) is 9.89. The third-order valence-electron chi connectivity index (χ3n) is 4.56. The molecule has 0 bridgehead atoms. The molecule has 1 aromatic carbocycles. The number of rotatable bonds is 7. The lowest BCUT2D eigenvalue weighted by Crippen LogP contribution is -2.51. The van der Waals surface area contributed by atoms with Gasteiger partial charge in [0.25, 0.3) is 0 Å². The van der Waals surface area contributed by atoms with Gasteiger partial charge in [-0.25, -0.2) is 0 Å². The van der Waals surface area contributed by atoms with E-state index in [9.17, 15) is 9.59 Å². The number of nitrogens with one attached hydrogen (secondary N) is 2. The molecule has 2 amide bonds. The molecule has 0 aliphatic carbocycles. The molecular formula is C19H30N4O2. The van der Waals surface area contributed by atoms with Crippen molar-refractivity contribution in [3.8, 4) is 0 Å². The maximum atomic E-state index is 12.1. The molecule has 2 rings (SSSR count). The molecule has 1 heterocycles. The van der Waals surface area contributed by atoms with Crippen molar-refractivity contribution >= 4 is 11.8 Å². The molecule has 4 N–H and O–H groups in total. The molecule has 1 aromatic rings.